The summed E-state index contributed by atoms with van der Waals surface area (Å²) in [5.41, 5.74) is 0. The zero-order valence-electron chi connectivity index (χ0n) is 11.5. The second-order valence-electron chi connectivity index (χ2n) is 6.08. The molecule has 0 unspecified atom stereocenters. The van der Waals surface area contributed by atoms with Gasteiger partial charge in [0.15, 0.2) is 6.61 Å². The topological polar surface area (TPSA) is 75.7 Å². The van der Waals surface area contributed by atoms with Crippen LogP contribution in [0.15, 0.2) is 0 Å². The van der Waals surface area contributed by atoms with E-state index in [1.165, 1.54) is 19.3 Å². The zero-order valence-corrected chi connectivity index (χ0v) is 11.5. The highest BCUT2D eigenvalue weighted by molar-refractivity contribution is 5.96. The molecule has 2 saturated carbocycles. The van der Waals surface area contributed by atoms with Crippen LogP contribution in [0.1, 0.15) is 32.1 Å². The number of imide groups is 1. The van der Waals surface area contributed by atoms with Crippen LogP contribution in [0.4, 0.5) is 4.79 Å². The molecular formula is C14H20N2O4. The first-order valence-electron chi connectivity index (χ1n) is 7.37. The van der Waals surface area contributed by atoms with Crippen molar-refractivity contribution < 1.29 is 19.1 Å². The highest BCUT2D eigenvalue weighted by atomic mass is 16.5. The van der Waals surface area contributed by atoms with Gasteiger partial charge in [0.25, 0.3) is 5.91 Å². The third kappa shape index (κ3) is 2.64. The van der Waals surface area contributed by atoms with E-state index in [-0.39, 0.29) is 12.6 Å². The largest absolute Gasteiger partial charge is 0.456 e. The Morgan fingerprint density at radius 2 is 2.15 bits per heavy atom. The van der Waals surface area contributed by atoms with E-state index >= 15 is 0 Å². The Hall–Kier alpha value is -1.59. The fourth-order valence-electron chi connectivity index (χ4n) is 3.83. The number of ether oxygens (including phenoxy) is 1. The number of carbonyl (C=O) groups excluding carboxylic acids is 3. The van der Waals surface area contributed by atoms with Crippen LogP contribution in [0.2, 0.25) is 0 Å². The molecule has 2 aliphatic carbocycles. The van der Waals surface area contributed by atoms with Gasteiger partial charge in [-0.05, 0) is 37.0 Å². The smallest absolute Gasteiger partial charge is 0.324 e. The second kappa shape index (κ2) is 5.42. The molecule has 6 nitrogen and oxygen atoms in total. The average molecular weight is 280 g/mol. The number of nitrogens with one attached hydrogen (secondary N) is 1. The summed E-state index contributed by atoms with van der Waals surface area (Å²) < 4.78 is 5.02. The lowest BCUT2D eigenvalue weighted by atomic mass is 9.86. The monoisotopic (exact) mass is 280 g/mol. The maximum atomic E-state index is 11.8. The first-order valence-corrected chi connectivity index (χ1v) is 7.37. The number of hydrogen-bond donors (Lipinski definition) is 1. The minimum absolute atomic E-state index is 0.310. The molecule has 6 heteroatoms. The summed E-state index contributed by atoms with van der Waals surface area (Å²) in [5, 5.41) is 2.54. The van der Waals surface area contributed by atoms with E-state index in [1.807, 2.05) is 0 Å². The molecule has 1 saturated heterocycles. The molecule has 3 aliphatic rings. The van der Waals surface area contributed by atoms with Gasteiger partial charge in [-0.15, -0.1) is 0 Å². The Kier molecular flexibility index (Phi) is 3.63. The normalized spacial score (nSPS) is 31.5. The molecule has 1 aliphatic heterocycles. The van der Waals surface area contributed by atoms with Gasteiger partial charge in [-0.25, -0.2) is 4.79 Å². The van der Waals surface area contributed by atoms with Gasteiger partial charge in [0.1, 0.15) is 0 Å². The quantitative estimate of drug-likeness (QED) is 0.777. The first kappa shape index (κ1) is 13.4. The number of amides is 3. The predicted octanol–water partition coefficient (Wildman–Crippen LogP) is 0.908. The van der Waals surface area contributed by atoms with Crippen LogP contribution < -0.4 is 5.32 Å². The molecule has 1 N–H and O–H groups in total. The van der Waals surface area contributed by atoms with Crippen molar-refractivity contribution in [2.24, 2.45) is 17.8 Å². The van der Waals surface area contributed by atoms with Crippen molar-refractivity contribution in [1.29, 1.82) is 0 Å². The molecule has 20 heavy (non-hydrogen) atoms. The van der Waals surface area contributed by atoms with Crippen molar-refractivity contribution in [1.82, 2.24) is 10.2 Å². The van der Waals surface area contributed by atoms with Crippen molar-refractivity contribution in [2.45, 2.75) is 32.1 Å². The van der Waals surface area contributed by atoms with Gasteiger partial charge in [-0.3, -0.25) is 14.5 Å². The van der Waals surface area contributed by atoms with Crippen molar-refractivity contribution in [3.05, 3.63) is 0 Å². The molecule has 0 radical (unpaired) electrons. The number of carbonyl (C=O) groups is 3. The highest BCUT2D eigenvalue weighted by Gasteiger charge is 2.40. The Balaban J connectivity index is 1.41. The molecule has 0 aromatic rings. The molecule has 1 heterocycles. The zero-order chi connectivity index (χ0) is 14.1. The molecule has 3 rings (SSSR count). The molecule has 3 atom stereocenters. The van der Waals surface area contributed by atoms with E-state index in [9.17, 15) is 14.4 Å². The Labute approximate surface area is 117 Å². The lowest BCUT2D eigenvalue weighted by Gasteiger charge is -2.20. The minimum atomic E-state index is -0.443. The number of esters is 1. The van der Waals surface area contributed by atoms with Gasteiger partial charge < -0.3 is 10.1 Å². The van der Waals surface area contributed by atoms with Gasteiger partial charge in [-0.2, -0.15) is 0 Å². The Morgan fingerprint density at radius 3 is 2.75 bits per heavy atom. The summed E-state index contributed by atoms with van der Waals surface area (Å²) in [7, 11) is 0. The van der Waals surface area contributed by atoms with Crippen LogP contribution in [0.5, 0.6) is 0 Å². The van der Waals surface area contributed by atoms with Crippen LogP contribution in [0, 0.1) is 17.8 Å². The van der Waals surface area contributed by atoms with Gasteiger partial charge in [0, 0.05) is 19.5 Å². The van der Waals surface area contributed by atoms with Gasteiger partial charge in [-0.1, -0.05) is 6.42 Å². The van der Waals surface area contributed by atoms with Crippen LogP contribution in [0.3, 0.4) is 0 Å². The highest BCUT2D eigenvalue weighted by Crippen LogP contribution is 2.49. The lowest BCUT2D eigenvalue weighted by Crippen LogP contribution is -2.37. The summed E-state index contributed by atoms with van der Waals surface area (Å²) in [4.78, 5) is 35.9. The van der Waals surface area contributed by atoms with E-state index in [0.717, 1.165) is 17.2 Å². The average Bonchev–Trinajstić information content (AvgIpc) is 3.12. The minimum Gasteiger partial charge on any atom is -0.456 e. The van der Waals surface area contributed by atoms with E-state index in [0.29, 0.717) is 31.3 Å². The molecular weight excluding hydrogens is 260 g/mol. The lowest BCUT2D eigenvalue weighted by molar-refractivity contribution is -0.151. The summed E-state index contributed by atoms with van der Waals surface area (Å²) >= 11 is 0. The molecule has 0 aromatic carbocycles. The first-order chi connectivity index (χ1) is 9.63. The van der Waals surface area contributed by atoms with Crippen molar-refractivity contribution in [2.75, 3.05) is 19.7 Å². The molecule has 0 spiro atoms. The van der Waals surface area contributed by atoms with Crippen LogP contribution >= 0.6 is 0 Å². The second-order valence-corrected chi connectivity index (χ2v) is 6.08. The summed E-state index contributed by atoms with van der Waals surface area (Å²) in [5.74, 6) is 1.16. The standard InChI is InChI=1S/C14H20N2O4/c17-12(16-4-3-15-14(16)19)8-20-13(18)7-11-6-9-1-2-10(11)5-9/h9-11H,1-8H2,(H,15,19)/t9-,10-,11-/m0/s1. The summed E-state index contributed by atoms with van der Waals surface area (Å²) in [6, 6.07) is -0.404. The van der Waals surface area contributed by atoms with E-state index in [4.69, 9.17) is 4.74 Å². The third-order valence-electron chi connectivity index (χ3n) is 4.83. The number of rotatable bonds is 4. The van der Waals surface area contributed by atoms with Crippen molar-refractivity contribution >= 4 is 17.9 Å². The number of nitrogens with zero attached hydrogens (tertiary/aromatic N) is 1. The maximum absolute atomic E-state index is 11.8. The van der Waals surface area contributed by atoms with Crippen LogP contribution in [-0.2, 0) is 14.3 Å². The van der Waals surface area contributed by atoms with Crippen molar-refractivity contribution in [3.8, 4) is 0 Å². The van der Waals surface area contributed by atoms with Gasteiger partial charge in [0.2, 0.25) is 0 Å². The van der Waals surface area contributed by atoms with Gasteiger partial charge in [0.05, 0.1) is 0 Å². The Bertz CT molecular complexity index is 437. The predicted molar refractivity (Wildman–Crippen MR) is 69.6 cm³/mol. The van der Waals surface area contributed by atoms with Crippen molar-refractivity contribution in [3.63, 3.8) is 0 Å². The fraction of sp³-hybridized carbons (Fsp3) is 0.786. The van der Waals surface area contributed by atoms with Crippen LogP contribution in [0.25, 0.3) is 0 Å². The molecule has 3 amide bonds. The molecule has 0 aromatic heterocycles. The number of urea groups is 1. The third-order valence-corrected chi connectivity index (χ3v) is 4.83. The molecule has 3 fully saturated rings. The fourth-order valence-corrected chi connectivity index (χ4v) is 3.83. The SMILES string of the molecule is O=C(C[C@@H]1C[C@H]2CC[C@H]1C2)OCC(=O)N1CCNC1=O. The van der Waals surface area contributed by atoms with E-state index in [2.05, 4.69) is 5.32 Å². The van der Waals surface area contributed by atoms with E-state index in [1.54, 1.807) is 0 Å². The molecule has 2 bridgehead atoms. The summed E-state index contributed by atoms with van der Waals surface area (Å²) in [6.45, 7) is 0.484. The van der Waals surface area contributed by atoms with E-state index < -0.39 is 11.9 Å². The summed E-state index contributed by atoms with van der Waals surface area (Å²) in [6.07, 6.45) is 5.34. The Morgan fingerprint density at radius 1 is 1.30 bits per heavy atom. The molecule has 110 valence electrons. The number of hydrogen-bond acceptors (Lipinski definition) is 4. The maximum Gasteiger partial charge on any atom is 0.324 e. The number of fused-ring (bicyclic) bond motifs is 2. The van der Waals surface area contributed by atoms with Crippen LogP contribution in [-0.4, -0.2) is 42.5 Å². The van der Waals surface area contributed by atoms with Gasteiger partial charge >= 0.3 is 12.0 Å².